The van der Waals surface area contributed by atoms with Crippen LogP contribution in [-0.2, 0) is 14.3 Å². The van der Waals surface area contributed by atoms with Crippen molar-refractivity contribution in [2.75, 3.05) is 18.5 Å². The summed E-state index contributed by atoms with van der Waals surface area (Å²) < 4.78 is 10.5. The van der Waals surface area contributed by atoms with Crippen LogP contribution in [0.15, 0.2) is 54.6 Å². The summed E-state index contributed by atoms with van der Waals surface area (Å²) in [6.07, 6.45) is 1.81. The third-order valence-electron chi connectivity index (χ3n) is 4.28. The Morgan fingerprint density at radius 3 is 2.41 bits per heavy atom. The molecule has 0 bridgehead atoms. The number of carbonyl (C=O) groups is 2. The number of benzene rings is 2. The van der Waals surface area contributed by atoms with Crippen LogP contribution in [0.2, 0.25) is 0 Å². The average molecular weight is 369 g/mol. The minimum Gasteiger partial charge on any atom is -0.494 e. The highest BCUT2D eigenvalue weighted by Crippen LogP contribution is 2.20. The fourth-order valence-corrected chi connectivity index (χ4v) is 2.47. The van der Waals surface area contributed by atoms with Crippen LogP contribution in [0.25, 0.3) is 0 Å². The molecule has 0 unspecified atom stereocenters. The lowest BCUT2D eigenvalue weighted by Crippen LogP contribution is -2.21. The number of nitrogens with one attached hydrogen (secondary N) is 1. The predicted octanol–water partition coefficient (Wildman–Crippen LogP) is 4.54. The van der Waals surface area contributed by atoms with Crippen LogP contribution in [0.3, 0.4) is 0 Å². The molecule has 5 heteroatoms. The number of amides is 1. The molecule has 2 aromatic rings. The van der Waals surface area contributed by atoms with Gasteiger partial charge in [-0.25, -0.2) is 0 Å². The predicted molar refractivity (Wildman–Crippen MR) is 106 cm³/mol. The highest BCUT2D eigenvalue weighted by Gasteiger charge is 2.09. The molecule has 0 saturated heterocycles. The van der Waals surface area contributed by atoms with E-state index in [-0.39, 0.29) is 18.9 Å². The number of anilines is 1. The molecule has 0 spiro atoms. The molecule has 1 amide bonds. The van der Waals surface area contributed by atoms with Crippen molar-refractivity contribution in [1.29, 1.82) is 0 Å². The quantitative estimate of drug-likeness (QED) is 0.493. The van der Waals surface area contributed by atoms with E-state index >= 15 is 0 Å². The van der Waals surface area contributed by atoms with Gasteiger partial charge in [-0.15, -0.1) is 0 Å². The summed E-state index contributed by atoms with van der Waals surface area (Å²) in [7, 11) is 0. The lowest BCUT2D eigenvalue weighted by atomic mass is 9.99. The molecule has 1 atom stereocenters. The number of rotatable bonds is 10. The Morgan fingerprint density at radius 2 is 1.74 bits per heavy atom. The molecular formula is C22H27NO4. The van der Waals surface area contributed by atoms with Crippen LogP contribution >= 0.6 is 0 Å². The van der Waals surface area contributed by atoms with Gasteiger partial charge in [0.05, 0.1) is 6.61 Å². The minimum absolute atomic E-state index is 0.212. The number of hydrogen-bond donors (Lipinski definition) is 1. The van der Waals surface area contributed by atoms with Crippen molar-refractivity contribution < 1.29 is 19.1 Å². The van der Waals surface area contributed by atoms with Crippen molar-refractivity contribution >= 4 is 17.6 Å². The highest BCUT2D eigenvalue weighted by molar-refractivity contribution is 5.92. The van der Waals surface area contributed by atoms with Gasteiger partial charge >= 0.3 is 5.97 Å². The van der Waals surface area contributed by atoms with Crippen LogP contribution in [0.1, 0.15) is 44.6 Å². The van der Waals surface area contributed by atoms with Gasteiger partial charge in [0.25, 0.3) is 5.91 Å². The van der Waals surface area contributed by atoms with Gasteiger partial charge in [0.1, 0.15) is 5.75 Å². The number of esters is 1. The van der Waals surface area contributed by atoms with Gasteiger partial charge in [-0.1, -0.05) is 44.2 Å². The average Bonchev–Trinajstić information content (AvgIpc) is 2.70. The minimum atomic E-state index is -0.408. The largest absolute Gasteiger partial charge is 0.494 e. The Hall–Kier alpha value is -2.82. The van der Waals surface area contributed by atoms with Gasteiger partial charge in [0.15, 0.2) is 6.61 Å². The third-order valence-corrected chi connectivity index (χ3v) is 4.28. The van der Waals surface area contributed by atoms with E-state index in [4.69, 9.17) is 9.47 Å². The van der Waals surface area contributed by atoms with E-state index in [2.05, 4.69) is 19.2 Å². The van der Waals surface area contributed by atoms with Crippen molar-refractivity contribution in [1.82, 2.24) is 0 Å². The number of hydrogen-bond acceptors (Lipinski definition) is 4. The standard InChI is InChI=1S/C22H27NO4/c1-3-17(2)18-11-13-19(14-12-18)23-21(24)16-27-22(25)10-7-15-26-20-8-5-4-6-9-20/h4-6,8-9,11-14,17H,3,7,10,15-16H2,1-2H3,(H,23,24)/t17-/m1/s1. The molecule has 0 aromatic heterocycles. The molecule has 0 radical (unpaired) electrons. The topological polar surface area (TPSA) is 64.6 Å². The summed E-state index contributed by atoms with van der Waals surface area (Å²) in [4.78, 5) is 23.6. The monoisotopic (exact) mass is 369 g/mol. The van der Waals surface area contributed by atoms with E-state index in [1.54, 1.807) is 0 Å². The molecule has 0 aliphatic heterocycles. The maximum absolute atomic E-state index is 11.9. The Balaban J connectivity index is 1.62. The van der Waals surface area contributed by atoms with E-state index in [0.717, 1.165) is 12.2 Å². The summed E-state index contributed by atoms with van der Waals surface area (Å²) in [5, 5.41) is 2.73. The van der Waals surface area contributed by atoms with Crippen LogP contribution in [0.5, 0.6) is 5.75 Å². The molecule has 2 aromatic carbocycles. The van der Waals surface area contributed by atoms with Crippen molar-refractivity contribution in [3.8, 4) is 5.75 Å². The Labute approximate surface area is 160 Å². The fourth-order valence-electron chi connectivity index (χ4n) is 2.47. The number of para-hydroxylation sites is 1. The molecule has 27 heavy (non-hydrogen) atoms. The first-order chi connectivity index (χ1) is 13.1. The zero-order chi connectivity index (χ0) is 19.5. The lowest BCUT2D eigenvalue weighted by Gasteiger charge is -2.11. The van der Waals surface area contributed by atoms with E-state index in [0.29, 0.717) is 24.6 Å². The van der Waals surface area contributed by atoms with Crippen LogP contribution in [0, 0.1) is 0 Å². The molecule has 5 nitrogen and oxygen atoms in total. The summed E-state index contributed by atoms with van der Waals surface area (Å²) in [6.45, 7) is 4.44. The fraction of sp³-hybridized carbons (Fsp3) is 0.364. The lowest BCUT2D eigenvalue weighted by molar-refractivity contribution is -0.147. The van der Waals surface area contributed by atoms with E-state index < -0.39 is 5.97 Å². The second kappa shape index (κ2) is 11.0. The van der Waals surface area contributed by atoms with Crippen molar-refractivity contribution in [2.45, 2.75) is 39.0 Å². The Morgan fingerprint density at radius 1 is 1.04 bits per heavy atom. The van der Waals surface area contributed by atoms with E-state index in [9.17, 15) is 9.59 Å². The molecule has 1 N–H and O–H groups in total. The first-order valence-electron chi connectivity index (χ1n) is 9.31. The number of carbonyl (C=O) groups excluding carboxylic acids is 2. The highest BCUT2D eigenvalue weighted by atomic mass is 16.5. The van der Waals surface area contributed by atoms with Gasteiger partial charge in [-0.2, -0.15) is 0 Å². The molecule has 144 valence electrons. The smallest absolute Gasteiger partial charge is 0.306 e. The third kappa shape index (κ3) is 7.52. The molecule has 0 fully saturated rings. The Bertz CT molecular complexity index is 713. The zero-order valence-electron chi connectivity index (χ0n) is 15.9. The van der Waals surface area contributed by atoms with Crippen molar-refractivity contribution in [3.63, 3.8) is 0 Å². The van der Waals surface area contributed by atoms with Gasteiger partial charge in [-0.3, -0.25) is 9.59 Å². The molecule has 0 saturated carbocycles. The van der Waals surface area contributed by atoms with Gasteiger partial charge in [0, 0.05) is 12.1 Å². The second-order valence-corrected chi connectivity index (χ2v) is 6.41. The zero-order valence-corrected chi connectivity index (χ0v) is 15.9. The van der Waals surface area contributed by atoms with Crippen LogP contribution < -0.4 is 10.1 Å². The second-order valence-electron chi connectivity index (χ2n) is 6.41. The van der Waals surface area contributed by atoms with Crippen LogP contribution in [0.4, 0.5) is 5.69 Å². The van der Waals surface area contributed by atoms with Crippen molar-refractivity contribution in [3.05, 3.63) is 60.2 Å². The first kappa shape index (κ1) is 20.5. The van der Waals surface area contributed by atoms with Gasteiger partial charge in [-0.05, 0) is 48.6 Å². The molecule has 0 heterocycles. The summed E-state index contributed by atoms with van der Waals surface area (Å²) in [6, 6.07) is 17.1. The summed E-state index contributed by atoms with van der Waals surface area (Å²) in [5.41, 5.74) is 1.93. The normalized spacial score (nSPS) is 11.5. The van der Waals surface area contributed by atoms with Gasteiger partial charge in [0.2, 0.25) is 0 Å². The van der Waals surface area contributed by atoms with Crippen molar-refractivity contribution in [2.24, 2.45) is 0 Å². The maximum atomic E-state index is 11.9. The molecule has 2 rings (SSSR count). The molecular weight excluding hydrogens is 342 g/mol. The maximum Gasteiger partial charge on any atom is 0.306 e. The number of ether oxygens (including phenoxy) is 2. The first-order valence-corrected chi connectivity index (χ1v) is 9.31. The summed E-state index contributed by atoms with van der Waals surface area (Å²) >= 11 is 0. The summed E-state index contributed by atoms with van der Waals surface area (Å²) in [5.74, 6) is 0.500. The van der Waals surface area contributed by atoms with E-state index in [1.807, 2.05) is 54.6 Å². The molecule has 0 aliphatic carbocycles. The SMILES string of the molecule is CC[C@@H](C)c1ccc(NC(=O)COC(=O)CCCOc2ccccc2)cc1. The van der Waals surface area contributed by atoms with Crippen LogP contribution in [-0.4, -0.2) is 25.1 Å². The van der Waals surface area contributed by atoms with E-state index in [1.165, 1.54) is 5.56 Å². The van der Waals surface area contributed by atoms with Gasteiger partial charge < -0.3 is 14.8 Å². The molecule has 0 aliphatic rings. The Kier molecular flexibility index (Phi) is 8.36.